The number of rotatable bonds is 3. The van der Waals surface area contributed by atoms with Crippen LogP contribution >= 0.6 is 23.1 Å². The van der Waals surface area contributed by atoms with Gasteiger partial charge in [-0.25, -0.2) is 0 Å². The molecule has 0 nitrogen and oxygen atoms in total. The van der Waals surface area contributed by atoms with Gasteiger partial charge in [0.05, 0.1) is 0 Å². The third-order valence-electron chi connectivity index (χ3n) is 8.47. The van der Waals surface area contributed by atoms with Crippen molar-refractivity contribution in [3.63, 3.8) is 0 Å². The summed E-state index contributed by atoms with van der Waals surface area (Å²) in [5, 5.41) is 5.33. The van der Waals surface area contributed by atoms with Crippen LogP contribution in [-0.2, 0) is 0 Å². The summed E-state index contributed by atoms with van der Waals surface area (Å²) in [7, 11) is 0. The average molecular weight is 569 g/mol. The molecule has 0 amide bonds. The van der Waals surface area contributed by atoms with Crippen LogP contribution in [0.1, 0.15) is 0 Å². The van der Waals surface area contributed by atoms with Crippen molar-refractivity contribution in [3.05, 3.63) is 146 Å². The Bertz CT molecular complexity index is 2330. The molecule has 1 aliphatic heterocycles. The molecule has 0 saturated carbocycles. The summed E-state index contributed by atoms with van der Waals surface area (Å²) in [5.41, 5.74) is 10.2. The second-order valence-corrected chi connectivity index (χ2v) is 13.0. The second-order valence-electron chi connectivity index (χ2n) is 10.9. The highest BCUT2D eigenvalue weighted by molar-refractivity contribution is 7.99. The van der Waals surface area contributed by atoms with E-state index in [0.29, 0.717) is 0 Å². The third kappa shape index (κ3) is 3.69. The van der Waals surface area contributed by atoms with Crippen LogP contribution in [-0.4, -0.2) is 0 Å². The molecule has 0 bridgehead atoms. The zero-order chi connectivity index (χ0) is 27.6. The molecule has 9 rings (SSSR count). The van der Waals surface area contributed by atoms with E-state index in [9.17, 15) is 0 Å². The largest absolute Gasteiger partial charge is 0.135 e. The van der Waals surface area contributed by atoms with Crippen LogP contribution in [0.2, 0.25) is 0 Å². The van der Waals surface area contributed by atoms with Crippen molar-refractivity contribution in [1.82, 2.24) is 0 Å². The van der Waals surface area contributed by atoms with Crippen LogP contribution in [0.5, 0.6) is 0 Å². The fourth-order valence-corrected chi connectivity index (χ4v) is 8.91. The van der Waals surface area contributed by atoms with E-state index in [0.717, 1.165) is 0 Å². The lowest BCUT2D eigenvalue weighted by Gasteiger charge is -2.22. The second kappa shape index (κ2) is 9.46. The first kappa shape index (κ1) is 24.0. The first-order valence-electron chi connectivity index (χ1n) is 14.3. The Morgan fingerprint density at radius 3 is 1.93 bits per heavy atom. The molecule has 2 heterocycles. The summed E-state index contributed by atoms with van der Waals surface area (Å²) >= 11 is 3.78. The van der Waals surface area contributed by atoms with Gasteiger partial charge in [-0.3, -0.25) is 0 Å². The predicted molar refractivity (Wildman–Crippen MR) is 183 cm³/mol. The Labute approximate surface area is 252 Å². The van der Waals surface area contributed by atoms with Crippen LogP contribution < -0.4 is 0 Å². The summed E-state index contributed by atoms with van der Waals surface area (Å²) in [5.74, 6) is 0. The molecule has 0 unspecified atom stereocenters. The van der Waals surface area contributed by atoms with Crippen molar-refractivity contribution >= 4 is 54.0 Å². The molecule has 42 heavy (non-hydrogen) atoms. The molecule has 0 atom stereocenters. The molecule has 1 aromatic heterocycles. The topological polar surface area (TPSA) is 0 Å². The lowest BCUT2D eigenvalue weighted by atomic mass is 9.89. The summed E-state index contributed by atoms with van der Waals surface area (Å²) in [4.78, 5) is 2.66. The van der Waals surface area contributed by atoms with E-state index in [4.69, 9.17) is 0 Å². The number of thiophene rings is 1. The molecular weight excluding hydrogens is 545 g/mol. The Balaban J connectivity index is 1.32. The van der Waals surface area contributed by atoms with E-state index in [1.165, 1.54) is 85.2 Å². The van der Waals surface area contributed by atoms with Gasteiger partial charge < -0.3 is 0 Å². The molecule has 0 spiro atoms. The van der Waals surface area contributed by atoms with Gasteiger partial charge in [-0.05, 0) is 86.3 Å². The number of fused-ring (bicyclic) bond motifs is 5. The monoisotopic (exact) mass is 568 g/mol. The molecule has 196 valence electrons. The Morgan fingerprint density at radius 1 is 0.357 bits per heavy atom. The van der Waals surface area contributed by atoms with E-state index in [1.54, 1.807) is 0 Å². The van der Waals surface area contributed by atoms with Crippen LogP contribution in [0.15, 0.2) is 155 Å². The average Bonchev–Trinajstić information content (AvgIpc) is 3.44. The predicted octanol–water partition coefficient (Wildman–Crippen LogP) is 12.3. The first-order chi connectivity index (χ1) is 20.8. The molecule has 0 fully saturated rings. The maximum absolute atomic E-state index is 2.40. The molecular formula is C40H24S2. The van der Waals surface area contributed by atoms with Crippen molar-refractivity contribution in [2.24, 2.45) is 0 Å². The van der Waals surface area contributed by atoms with E-state index in [2.05, 4.69) is 146 Å². The highest BCUT2D eigenvalue weighted by atomic mass is 32.2. The maximum atomic E-state index is 2.40. The Hall–Kier alpha value is -4.63. The van der Waals surface area contributed by atoms with E-state index >= 15 is 0 Å². The number of benzene rings is 7. The Morgan fingerprint density at radius 2 is 1.02 bits per heavy atom. The first-order valence-corrected chi connectivity index (χ1v) is 15.9. The van der Waals surface area contributed by atoms with Gasteiger partial charge in [-0.15, -0.1) is 11.3 Å². The van der Waals surface area contributed by atoms with Crippen molar-refractivity contribution < 1.29 is 0 Å². The number of hydrogen-bond donors (Lipinski definition) is 0. The summed E-state index contributed by atoms with van der Waals surface area (Å²) < 4.78 is 2.68. The van der Waals surface area contributed by atoms with Crippen LogP contribution in [0, 0.1) is 0 Å². The summed E-state index contributed by atoms with van der Waals surface area (Å²) in [6.07, 6.45) is 0. The molecule has 0 radical (unpaired) electrons. The van der Waals surface area contributed by atoms with Crippen molar-refractivity contribution in [3.8, 4) is 44.5 Å². The quantitative estimate of drug-likeness (QED) is 0.204. The summed E-state index contributed by atoms with van der Waals surface area (Å²) in [6, 6.07) is 53.7. The lowest BCUT2D eigenvalue weighted by molar-refractivity contribution is 1.40. The smallest absolute Gasteiger partial charge is 0.0433 e. The maximum Gasteiger partial charge on any atom is 0.0433 e. The zero-order valence-corrected chi connectivity index (χ0v) is 24.3. The minimum Gasteiger partial charge on any atom is -0.135 e. The highest BCUT2D eigenvalue weighted by Gasteiger charge is 2.21. The van der Waals surface area contributed by atoms with Crippen molar-refractivity contribution in [2.45, 2.75) is 9.79 Å². The van der Waals surface area contributed by atoms with Crippen LogP contribution in [0.3, 0.4) is 0 Å². The van der Waals surface area contributed by atoms with Gasteiger partial charge in [0.1, 0.15) is 0 Å². The molecule has 1 aliphatic rings. The fourth-order valence-electron chi connectivity index (χ4n) is 6.54. The molecule has 7 aromatic carbocycles. The van der Waals surface area contributed by atoms with Crippen LogP contribution in [0.25, 0.3) is 75.5 Å². The van der Waals surface area contributed by atoms with Crippen molar-refractivity contribution in [1.29, 1.82) is 0 Å². The zero-order valence-electron chi connectivity index (χ0n) is 22.7. The minimum atomic E-state index is 1.23. The van der Waals surface area contributed by atoms with Gasteiger partial charge in [0.2, 0.25) is 0 Å². The van der Waals surface area contributed by atoms with Crippen LogP contribution in [0.4, 0.5) is 0 Å². The Kier molecular flexibility index (Phi) is 5.41. The van der Waals surface area contributed by atoms with E-state index < -0.39 is 0 Å². The van der Waals surface area contributed by atoms with E-state index in [1.807, 2.05) is 23.1 Å². The third-order valence-corrected chi connectivity index (χ3v) is 10.8. The molecule has 2 heteroatoms. The van der Waals surface area contributed by atoms with Gasteiger partial charge in [0.25, 0.3) is 0 Å². The SMILES string of the molecule is c1ccc(-c2cc(-c3ccc4c5c(cccc35)-c3ccccc3S4)cc(-c3cccc4c3sc3ccccc34)c2)cc1. The molecule has 0 aliphatic carbocycles. The van der Waals surface area contributed by atoms with Gasteiger partial charge in [-0.2, -0.15) is 0 Å². The summed E-state index contributed by atoms with van der Waals surface area (Å²) in [6.45, 7) is 0. The van der Waals surface area contributed by atoms with Gasteiger partial charge >= 0.3 is 0 Å². The number of hydrogen-bond acceptors (Lipinski definition) is 2. The van der Waals surface area contributed by atoms with Gasteiger partial charge in [0, 0.05) is 35.3 Å². The standard InChI is InChI=1S/C40H24S2/c1-2-10-25(11-3-1)26-22-27(24-28(23-26)30-14-8-17-35-32-13-5-7-19-37(32)42-40(30)35)29-20-21-38-39-33(29)15-9-16-34(39)31-12-4-6-18-36(31)41-38/h1-24H. The minimum absolute atomic E-state index is 1.23. The highest BCUT2D eigenvalue weighted by Crippen LogP contribution is 2.50. The van der Waals surface area contributed by atoms with Gasteiger partial charge in [-0.1, -0.05) is 121 Å². The molecule has 0 saturated heterocycles. The van der Waals surface area contributed by atoms with Crippen molar-refractivity contribution in [2.75, 3.05) is 0 Å². The van der Waals surface area contributed by atoms with Gasteiger partial charge in [0.15, 0.2) is 0 Å². The lowest BCUT2D eigenvalue weighted by Crippen LogP contribution is -1.94. The molecule has 0 N–H and O–H groups in total. The molecule has 8 aromatic rings. The fraction of sp³-hybridized carbons (Fsp3) is 0. The normalized spacial score (nSPS) is 12.2. The van der Waals surface area contributed by atoms with E-state index in [-0.39, 0.29) is 0 Å².